The first-order valence-electron chi connectivity index (χ1n) is 9.74. The Balaban J connectivity index is 1.36. The Kier molecular flexibility index (Phi) is 4.54. The number of sulfonamides is 1. The minimum atomic E-state index is -3.75. The van der Waals surface area contributed by atoms with Crippen LogP contribution in [-0.2, 0) is 10.0 Å². The Hall–Kier alpha value is -3.60. The molecule has 0 radical (unpaired) electrons. The lowest BCUT2D eigenvalue weighted by molar-refractivity contribution is 0.0734. The molecule has 31 heavy (non-hydrogen) atoms. The molecule has 11 heteroatoms. The quantitative estimate of drug-likeness (QED) is 0.655. The Labute approximate surface area is 179 Å². The zero-order valence-electron chi connectivity index (χ0n) is 16.7. The normalized spacial score (nSPS) is 16.8. The van der Waals surface area contributed by atoms with Gasteiger partial charge >= 0.3 is 0 Å². The van der Waals surface area contributed by atoms with Gasteiger partial charge in [0.1, 0.15) is 10.6 Å². The van der Waals surface area contributed by atoms with E-state index in [1.165, 1.54) is 10.7 Å². The number of aromatic nitrogens is 3. The average Bonchev–Trinajstić information content (AvgIpc) is 3.22. The maximum absolute atomic E-state index is 13.0. The van der Waals surface area contributed by atoms with Crippen molar-refractivity contribution in [2.75, 3.05) is 42.9 Å². The molecule has 0 bridgehead atoms. The number of ether oxygens (including phenoxy) is 1. The highest BCUT2D eigenvalue weighted by atomic mass is 32.2. The fourth-order valence-electron chi connectivity index (χ4n) is 3.85. The van der Waals surface area contributed by atoms with E-state index in [-0.39, 0.29) is 22.6 Å². The summed E-state index contributed by atoms with van der Waals surface area (Å²) in [4.78, 5) is 21.1. The van der Waals surface area contributed by atoms with Crippen molar-refractivity contribution < 1.29 is 17.9 Å². The van der Waals surface area contributed by atoms with E-state index >= 15 is 0 Å². The van der Waals surface area contributed by atoms with E-state index < -0.39 is 10.0 Å². The first-order valence-corrected chi connectivity index (χ1v) is 11.2. The van der Waals surface area contributed by atoms with Crippen LogP contribution in [-0.4, -0.2) is 67.3 Å². The predicted molar refractivity (Wildman–Crippen MR) is 113 cm³/mol. The molecule has 2 aliphatic rings. The fraction of sp³-hybridized carbons (Fsp3) is 0.250. The van der Waals surface area contributed by atoms with Gasteiger partial charge in [0, 0.05) is 26.2 Å². The van der Waals surface area contributed by atoms with Gasteiger partial charge in [0.05, 0.1) is 18.5 Å². The number of benzene rings is 2. The Bertz CT molecular complexity index is 1260. The molecule has 0 atom stereocenters. The lowest BCUT2D eigenvalue weighted by atomic mass is 10.2. The van der Waals surface area contributed by atoms with E-state index in [4.69, 9.17) is 4.74 Å². The molecule has 0 unspecified atom stereocenters. The molecule has 0 aliphatic carbocycles. The number of fused-ring (bicyclic) bond motifs is 3. The summed E-state index contributed by atoms with van der Waals surface area (Å²) in [5.41, 5.74) is 1.35. The van der Waals surface area contributed by atoms with Gasteiger partial charge in [-0.25, -0.2) is 13.1 Å². The van der Waals surface area contributed by atoms with Crippen LogP contribution in [0.15, 0.2) is 53.4 Å². The number of carbonyl (C=O) groups excluding carboxylic acids is 1. The first-order chi connectivity index (χ1) is 15.0. The van der Waals surface area contributed by atoms with Crippen LogP contribution in [0.2, 0.25) is 0 Å². The highest BCUT2D eigenvalue weighted by Gasteiger charge is 2.33. The third-order valence-electron chi connectivity index (χ3n) is 5.40. The molecule has 2 aromatic carbocycles. The van der Waals surface area contributed by atoms with Crippen LogP contribution < -0.4 is 14.4 Å². The van der Waals surface area contributed by atoms with Gasteiger partial charge in [-0.1, -0.05) is 24.3 Å². The number of nitrogens with one attached hydrogen (secondary N) is 1. The van der Waals surface area contributed by atoms with Crippen molar-refractivity contribution in [3.05, 3.63) is 54.4 Å². The molecular weight excluding hydrogens is 420 g/mol. The Morgan fingerprint density at radius 2 is 1.68 bits per heavy atom. The molecule has 5 rings (SSSR count). The largest absolute Gasteiger partial charge is 0.495 e. The van der Waals surface area contributed by atoms with E-state index in [1.54, 1.807) is 30.2 Å². The number of carbonyl (C=O) groups is 1. The second-order valence-electron chi connectivity index (χ2n) is 7.20. The Morgan fingerprint density at radius 3 is 2.42 bits per heavy atom. The zero-order chi connectivity index (χ0) is 21.6. The number of nitrogens with zero attached hydrogens (tertiary/aromatic N) is 5. The van der Waals surface area contributed by atoms with Crippen molar-refractivity contribution in [3.63, 3.8) is 0 Å². The maximum Gasteiger partial charge on any atom is 0.293 e. The molecule has 0 spiro atoms. The molecule has 1 fully saturated rings. The number of methoxy groups -OCH3 is 1. The molecule has 1 aromatic heterocycles. The van der Waals surface area contributed by atoms with Crippen molar-refractivity contribution in [2.45, 2.75) is 4.90 Å². The van der Waals surface area contributed by atoms with Crippen LogP contribution in [0.1, 0.15) is 10.6 Å². The monoisotopic (exact) mass is 440 g/mol. The van der Waals surface area contributed by atoms with Crippen molar-refractivity contribution in [3.8, 4) is 11.4 Å². The molecule has 1 N–H and O–H groups in total. The van der Waals surface area contributed by atoms with E-state index in [0.717, 1.165) is 11.4 Å². The highest BCUT2D eigenvalue weighted by molar-refractivity contribution is 7.92. The van der Waals surface area contributed by atoms with E-state index in [2.05, 4.69) is 19.7 Å². The van der Waals surface area contributed by atoms with Crippen LogP contribution in [0.25, 0.3) is 5.69 Å². The standard InChI is InChI=1S/C20H20N6O4S/c1-30-16-8-4-2-6-14(16)24-10-12-25(13-11-24)19(27)18-21-20-23-31(28,29)17-9-5-3-7-15(17)26(20)22-18/h2-9H,10-13H2,1H3,(H,21,22,23). The smallest absolute Gasteiger partial charge is 0.293 e. The average molecular weight is 440 g/mol. The second kappa shape index (κ2) is 7.27. The molecule has 3 heterocycles. The number of hydrogen-bond donors (Lipinski definition) is 1. The lowest BCUT2D eigenvalue weighted by Gasteiger charge is -2.36. The van der Waals surface area contributed by atoms with Gasteiger partial charge in [0.25, 0.3) is 15.9 Å². The van der Waals surface area contributed by atoms with Gasteiger partial charge < -0.3 is 14.5 Å². The van der Waals surface area contributed by atoms with Gasteiger partial charge in [0.15, 0.2) is 0 Å². The van der Waals surface area contributed by atoms with Crippen molar-refractivity contribution in [1.29, 1.82) is 0 Å². The predicted octanol–water partition coefficient (Wildman–Crippen LogP) is 1.35. The number of rotatable bonds is 3. The molecule has 0 saturated carbocycles. The molecule has 3 aromatic rings. The van der Waals surface area contributed by atoms with E-state index in [9.17, 15) is 13.2 Å². The van der Waals surface area contributed by atoms with Crippen LogP contribution in [0.3, 0.4) is 0 Å². The zero-order valence-corrected chi connectivity index (χ0v) is 17.5. The summed E-state index contributed by atoms with van der Waals surface area (Å²) >= 11 is 0. The van der Waals surface area contributed by atoms with Gasteiger partial charge in [-0.15, -0.1) is 5.10 Å². The van der Waals surface area contributed by atoms with Crippen LogP contribution >= 0.6 is 0 Å². The first kappa shape index (κ1) is 19.4. The fourth-order valence-corrected chi connectivity index (χ4v) is 5.02. The summed E-state index contributed by atoms with van der Waals surface area (Å²) in [6.07, 6.45) is 0. The summed E-state index contributed by atoms with van der Waals surface area (Å²) in [6.45, 7) is 2.25. The molecule has 10 nitrogen and oxygen atoms in total. The summed E-state index contributed by atoms with van der Waals surface area (Å²) in [5, 5.41) is 4.29. The minimum absolute atomic E-state index is 0.00899. The summed E-state index contributed by atoms with van der Waals surface area (Å²) in [5.74, 6) is 0.421. The van der Waals surface area contributed by atoms with Gasteiger partial charge in [-0.3, -0.25) is 4.79 Å². The number of piperazine rings is 1. The van der Waals surface area contributed by atoms with Crippen LogP contribution in [0.4, 0.5) is 11.6 Å². The summed E-state index contributed by atoms with van der Waals surface area (Å²) in [6, 6.07) is 14.2. The molecule has 1 amide bonds. The van der Waals surface area contributed by atoms with Crippen LogP contribution in [0, 0.1) is 0 Å². The van der Waals surface area contributed by atoms with Gasteiger partial charge in [-0.2, -0.15) is 9.67 Å². The number of anilines is 2. The topological polar surface area (TPSA) is 110 Å². The van der Waals surface area contributed by atoms with Crippen LogP contribution in [0.5, 0.6) is 5.75 Å². The van der Waals surface area contributed by atoms with E-state index in [0.29, 0.717) is 31.9 Å². The maximum atomic E-state index is 13.0. The molecular formula is C20H20N6O4S. The SMILES string of the molecule is COc1ccccc1N1CCN(C(=O)c2nc3n(n2)-c2ccccc2S(=O)(=O)N3)CC1. The summed E-state index contributed by atoms with van der Waals surface area (Å²) in [7, 11) is -2.12. The van der Waals surface area contributed by atoms with Gasteiger partial charge in [-0.05, 0) is 24.3 Å². The third-order valence-corrected chi connectivity index (χ3v) is 6.78. The lowest BCUT2D eigenvalue weighted by Crippen LogP contribution is -2.49. The van der Waals surface area contributed by atoms with Gasteiger partial charge in [0.2, 0.25) is 11.8 Å². The number of amides is 1. The van der Waals surface area contributed by atoms with E-state index in [1.807, 2.05) is 24.3 Å². The molecule has 160 valence electrons. The minimum Gasteiger partial charge on any atom is -0.495 e. The summed E-state index contributed by atoms with van der Waals surface area (Å²) < 4.78 is 34.0. The molecule has 1 saturated heterocycles. The van der Waals surface area contributed by atoms with Crippen molar-refractivity contribution in [2.24, 2.45) is 0 Å². The van der Waals surface area contributed by atoms with Crippen molar-refractivity contribution in [1.82, 2.24) is 19.7 Å². The second-order valence-corrected chi connectivity index (χ2v) is 8.85. The molecule has 2 aliphatic heterocycles. The third kappa shape index (κ3) is 3.26. The highest BCUT2D eigenvalue weighted by Crippen LogP contribution is 2.30. The number of para-hydroxylation sites is 3. The Morgan fingerprint density at radius 1 is 1.00 bits per heavy atom. The van der Waals surface area contributed by atoms with Crippen molar-refractivity contribution >= 4 is 27.6 Å². The number of hydrogen-bond acceptors (Lipinski definition) is 7.